The van der Waals surface area contributed by atoms with Crippen LogP contribution in [0.4, 0.5) is 0 Å². The van der Waals surface area contributed by atoms with Crippen molar-refractivity contribution in [2.45, 2.75) is 37.6 Å². The van der Waals surface area contributed by atoms with E-state index < -0.39 is 17.4 Å². The van der Waals surface area contributed by atoms with E-state index >= 15 is 0 Å². The largest absolute Gasteiger partial charge is 0.481 e. The molecule has 130 valence electrons. The summed E-state index contributed by atoms with van der Waals surface area (Å²) in [4.78, 5) is 37.9. The van der Waals surface area contributed by atoms with Gasteiger partial charge in [-0.25, -0.2) is 0 Å². The van der Waals surface area contributed by atoms with Crippen molar-refractivity contribution in [2.24, 2.45) is 0 Å². The highest BCUT2D eigenvalue weighted by Crippen LogP contribution is 2.31. The Balaban J connectivity index is 2.24. The van der Waals surface area contributed by atoms with Crippen LogP contribution in [0.5, 0.6) is 0 Å². The smallest absolute Gasteiger partial charge is 0.314 e. The molecule has 2 atom stereocenters. The Kier molecular flexibility index (Phi) is 5.49. The Labute approximate surface area is 145 Å². The van der Waals surface area contributed by atoms with E-state index in [4.69, 9.17) is 11.6 Å². The molecule has 6 nitrogen and oxygen atoms in total. The van der Waals surface area contributed by atoms with Crippen molar-refractivity contribution >= 4 is 29.4 Å². The second kappa shape index (κ2) is 7.21. The maximum absolute atomic E-state index is 12.7. The Morgan fingerprint density at radius 1 is 1.33 bits per heavy atom. The molecule has 1 aliphatic heterocycles. The molecule has 2 unspecified atom stereocenters. The summed E-state index contributed by atoms with van der Waals surface area (Å²) in [6.07, 6.45) is 1.11. The number of nitrogens with one attached hydrogen (secondary N) is 1. The molecule has 1 fully saturated rings. The molecule has 2 N–H and O–H groups in total. The van der Waals surface area contributed by atoms with Crippen LogP contribution in [0.25, 0.3) is 0 Å². The van der Waals surface area contributed by atoms with Gasteiger partial charge in [-0.3, -0.25) is 14.4 Å². The SMILES string of the molecule is CNC(=O)C1CCCN1C(=O)CC(C)(C(=O)O)c1ccc(Cl)cc1. The van der Waals surface area contributed by atoms with Crippen LogP contribution in [-0.2, 0) is 19.8 Å². The molecule has 1 aromatic carbocycles. The number of aliphatic carboxylic acids is 1. The van der Waals surface area contributed by atoms with Gasteiger partial charge in [0.2, 0.25) is 11.8 Å². The van der Waals surface area contributed by atoms with Gasteiger partial charge in [-0.05, 0) is 37.5 Å². The molecule has 0 aliphatic carbocycles. The molecule has 2 rings (SSSR count). The van der Waals surface area contributed by atoms with Crippen LogP contribution in [0.15, 0.2) is 24.3 Å². The van der Waals surface area contributed by atoms with Crippen molar-refractivity contribution in [3.05, 3.63) is 34.9 Å². The van der Waals surface area contributed by atoms with Crippen LogP contribution >= 0.6 is 11.6 Å². The number of hydrogen-bond donors (Lipinski definition) is 2. The third-order valence-electron chi connectivity index (χ3n) is 4.58. The highest BCUT2D eigenvalue weighted by molar-refractivity contribution is 6.30. The van der Waals surface area contributed by atoms with Gasteiger partial charge in [0.25, 0.3) is 0 Å². The highest BCUT2D eigenvalue weighted by atomic mass is 35.5. The number of carbonyl (C=O) groups excluding carboxylic acids is 2. The first-order valence-corrected chi connectivity index (χ1v) is 8.18. The summed E-state index contributed by atoms with van der Waals surface area (Å²) < 4.78 is 0. The average molecular weight is 353 g/mol. The summed E-state index contributed by atoms with van der Waals surface area (Å²) in [5.74, 6) is -1.64. The first kappa shape index (κ1) is 18.3. The molecule has 0 radical (unpaired) electrons. The fourth-order valence-electron chi connectivity index (χ4n) is 3.03. The summed E-state index contributed by atoms with van der Waals surface area (Å²) in [6.45, 7) is 1.98. The zero-order chi connectivity index (χ0) is 17.9. The first-order valence-electron chi connectivity index (χ1n) is 7.80. The topological polar surface area (TPSA) is 86.7 Å². The molecule has 7 heteroatoms. The van der Waals surface area contributed by atoms with E-state index in [1.54, 1.807) is 24.3 Å². The lowest BCUT2D eigenvalue weighted by atomic mass is 9.79. The Morgan fingerprint density at radius 3 is 2.50 bits per heavy atom. The molecule has 0 spiro atoms. The fourth-order valence-corrected chi connectivity index (χ4v) is 3.15. The van der Waals surface area contributed by atoms with Crippen molar-refractivity contribution in [1.29, 1.82) is 0 Å². The van der Waals surface area contributed by atoms with Crippen molar-refractivity contribution in [3.8, 4) is 0 Å². The van der Waals surface area contributed by atoms with E-state index in [0.29, 0.717) is 23.6 Å². The van der Waals surface area contributed by atoms with E-state index in [-0.39, 0.29) is 18.2 Å². The Bertz CT molecular complexity index is 646. The number of carboxylic acids is 1. The number of likely N-dealkylation sites (N-methyl/N-ethyl adjacent to an activating group) is 1. The predicted molar refractivity (Wildman–Crippen MR) is 89.9 cm³/mol. The number of nitrogens with zero attached hydrogens (tertiary/aromatic N) is 1. The molecule has 0 saturated carbocycles. The van der Waals surface area contributed by atoms with Crippen LogP contribution in [-0.4, -0.2) is 47.4 Å². The number of hydrogen-bond acceptors (Lipinski definition) is 3. The minimum absolute atomic E-state index is 0.211. The molecule has 0 bridgehead atoms. The van der Waals surface area contributed by atoms with Gasteiger partial charge < -0.3 is 15.3 Å². The summed E-state index contributed by atoms with van der Waals surface area (Å²) in [5.41, 5.74) is -0.874. The second-order valence-corrected chi connectivity index (χ2v) is 6.62. The van der Waals surface area contributed by atoms with Crippen molar-refractivity contribution in [2.75, 3.05) is 13.6 Å². The quantitative estimate of drug-likeness (QED) is 0.846. The molecule has 0 aromatic heterocycles. The van der Waals surface area contributed by atoms with Crippen molar-refractivity contribution < 1.29 is 19.5 Å². The maximum atomic E-state index is 12.7. The third kappa shape index (κ3) is 3.53. The Hall–Kier alpha value is -2.08. The van der Waals surface area contributed by atoms with Crippen molar-refractivity contribution in [3.63, 3.8) is 0 Å². The van der Waals surface area contributed by atoms with E-state index in [1.165, 1.54) is 18.9 Å². The summed E-state index contributed by atoms with van der Waals surface area (Å²) >= 11 is 5.85. The van der Waals surface area contributed by atoms with E-state index in [9.17, 15) is 19.5 Å². The zero-order valence-corrected chi connectivity index (χ0v) is 14.5. The number of benzene rings is 1. The fraction of sp³-hybridized carbons (Fsp3) is 0.471. The first-order chi connectivity index (χ1) is 11.3. The number of likely N-dealkylation sites (tertiary alicyclic amines) is 1. The van der Waals surface area contributed by atoms with Crippen LogP contribution < -0.4 is 5.32 Å². The third-order valence-corrected chi connectivity index (χ3v) is 4.83. The standard InChI is InChI=1S/C17H21ClN2O4/c1-17(16(23)24,11-5-7-12(18)8-6-11)10-14(21)20-9-3-4-13(20)15(22)19-2/h5-8,13H,3-4,9-10H2,1-2H3,(H,19,22)(H,23,24). The molecule has 1 aliphatic rings. The van der Waals surface area contributed by atoms with Crippen LogP contribution in [0.2, 0.25) is 5.02 Å². The average Bonchev–Trinajstić information content (AvgIpc) is 3.04. The van der Waals surface area contributed by atoms with Gasteiger partial charge in [-0.2, -0.15) is 0 Å². The maximum Gasteiger partial charge on any atom is 0.314 e. The predicted octanol–water partition coefficient (Wildman–Crippen LogP) is 1.81. The lowest BCUT2D eigenvalue weighted by Gasteiger charge is -2.29. The minimum atomic E-state index is -1.38. The van der Waals surface area contributed by atoms with Gasteiger partial charge >= 0.3 is 5.97 Å². The number of carbonyl (C=O) groups is 3. The normalized spacial score (nSPS) is 19.6. The van der Waals surface area contributed by atoms with Gasteiger partial charge in [0.1, 0.15) is 6.04 Å². The van der Waals surface area contributed by atoms with Crippen LogP contribution in [0, 0.1) is 0 Å². The molecule has 1 saturated heterocycles. The van der Waals surface area contributed by atoms with Crippen molar-refractivity contribution in [1.82, 2.24) is 10.2 Å². The monoisotopic (exact) mass is 352 g/mol. The molecular formula is C17H21ClN2O4. The van der Waals surface area contributed by atoms with Gasteiger partial charge in [0.05, 0.1) is 5.41 Å². The minimum Gasteiger partial charge on any atom is -0.481 e. The molecule has 2 amide bonds. The summed E-state index contributed by atoms with van der Waals surface area (Å²) in [5, 5.41) is 12.7. The number of amides is 2. The lowest BCUT2D eigenvalue weighted by Crippen LogP contribution is -2.47. The summed E-state index contributed by atoms with van der Waals surface area (Å²) in [6, 6.07) is 5.91. The van der Waals surface area contributed by atoms with Gasteiger partial charge in [-0.15, -0.1) is 0 Å². The number of halogens is 1. The summed E-state index contributed by atoms with van der Waals surface area (Å²) in [7, 11) is 1.53. The zero-order valence-electron chi connectivity index (χ0n) is 13.7. The molecular weight excluding hydrogens is 332 g/mol. The number of carboxylic acid groups (broad SMARTS) is 1. The number of rotatable bonds is 5. The van der Waals surface area contributed by atoms with Gasteiger partial charge in [0.15, 0.2) is 0 Å². The van der Waals surface area contributed by atoms with Crippen LogP contribution in [0.3, 0.4) is 0 Å². The van der Waals surface area contributed by atoms with E-state index in [2.05, 4.69) is 5.32 Å². The lowest BCUT2D eigenvalue weighted by molar-refractivity contribution is -0.148. The second-order valence-electron chi connectivity index (χ2n) is 6.18. The van der Waals surface area contributed by atoms with Gasteiger partial charge in [-0.1, -0.05) is 23.7 Å². The Morgan fingerprint density at radius 2 is 1.96 bits per heavy atom. The molecule has 24 heavy (non-hydrogen) atoms. The van der Waals surface area contributed by atoms with E-state index in [1.807, 2.05) is 0 Å². The van der Waals surface area contributed by atoms with E-state index in [0.717, 1.165) is 6.42 Å². The molecule has 1 heterocycles. The highest BCUT2D eigenvalue weighted by Gasteiger charge is 2.42. The molecule has 1 aromatic rings. The van der Waals surface area contributed by atoms with Crippen LogP contribution in [0.1, 0.15) is 31.7 Å². The van der Waals surface area contributed by atoms with Gasteiger partial charge in [0, 0.05) is 25.0 Å².